The third-order valence-electron chi connectivity index (χ3n) is 5.71. The maximum Gasteiger partial charge on any atom is 0.316 e. The van der Waals surface area contributed by atoms with Crippen molar-refractivity contribution in [1.82, 2.24) is 0 Å². The van der Waals surface area contributed by atoms with Gasteiger partial charge in [-0.25, -0.2) is 0 Å². The number of phenolic OH excluding ortho intramolecular Hbond substituents is 1. The van der Waals surface area contributed by atoms with Crippen LogP contribution in [0.3, 0.4) is 0 Å². The van der Waals surface area contributed by atoms with Gasteiger partial charge in [0.25, 0.3) is 0 Å². The first-order valence-corrected chi connectivity index (χ1v) is 10.6. The van der Waals surface area contributed by atoms with Crippen LogP contribution in [-0.4, -0.2) is 36.0 Å². The number of hydrogen-bond donors (Lipinski definition) is 1. The second-order valence-corrected chi connectivity index (χ2v) is 7.79. The molecule has 0 bridgehead atoms. The number of rotatable bonds is 6. The van der Waals surface area contributed by atoms with Gasteiger partial charge < -0.3 is 14.6 Å². The first-order valence-electron chi connectivity index (χ1n) is 10.6. The van der Waals surface area contributed by atoms with Crippen LogP contribution in [0.4, 0.5) is 0 Å². The van der Waals surface area contributed by atoms with Crippen molar-refractivity contribution in [3.05, 3.63) is 53.6 Å². The molecule has 1 N–H and O–H groups in total. The molecule has 0 saturated heterocycles. The molecular weight excluding hydrogens is 396 g/mol. The van der Waals surface area contributed by atoms with Crippen LogP contribution in [0, 0.1) is 18.8 Å². The molecule has 164 valence electrons. The summed E-state index contributed by atoms with van der Waals surface area (Å²) in [6.45, 7) is 5.64. The number of benzene rings is 2. The third kappa shape index (κ3) is 4.79. The van der Waals surface area contributed by atoms with Gasteiger partial charge in [0.05, 0.1) is 19.1 Å². The molecule has 1 aliphatic carbocycles. The fourth-order valence-electron chi connectivity index (χ4n) is 4.29. The molecular formula is C25H28O6. The predicted molar refractivity (Wildman–Crippen MR) is 116 cm³/mol. The molecule has 1 fully saturated rings. The minimum Gasteiger partial charge on any atom is -0.507 e. The van der Waals surface area contributed by atoms with E-state index in [2.05, 4.69) is 0 Å². The van der Waals surface area contributed by atoms with Crippen molar-refractivity contribution in [1.29, 1.82) is 0 Å². The molecule has 6 nitrogen and oxygen atoms in total. The SMILES string of the molecule is CCOC(=O)C1CC(C(=O)OCC)C(c2cc(C)cc(-c3ccccc3)c2O)CC1=O. The number of Topliss-reactive ketones (excluding diaryl/α,β-unsaturated/α-hetero) is 1. The summed E-state index contributed by atoms with van der Waals surface area (Å²) >= 11 is 0. The van der Waals surface area contributed by atoms with Gasteiger partial charge in [-0.15, -0.1) is 0 Å². The molecule has 0 heterocycles. The summed E-state index contributed by atoms with van der Waals surface area (Å²) in [7, 11) is 0. The van der Waals surface area contributed by atoms with E-state index in [9.17, 15) is 19.5 Å². The van der Waals surface area contributed by atoms with Gasteiger partial charge in [0.1, 0.15) is 17.5 Å². The maximum atomic E-state index is 12.8. The van der Waals surface area contributed by atoms with Gasteiger partial charge in [0.15, 0.2) is 0 Å². The van der Waals surface area contributed by atoms with Crippen molar-refractivity contribution >= 4 is 17.7 Å². The lowest BCUT2D eigenvalue weighted by Crippen LogP contribution is -2.40. The Morgan fingerprint density at radius 2 is 1.68 bits per heavy atom. The number of carbonyl (C=O) groups is 3. The predicted octanol–water partition coefficient (Wildman–Crippen LogP) is 4.17. The molecule has 1 saturated carbocycles. The highest BCUT2D eigenvalue weighted by molar-refractivity contribution is 6.01. The molecule has 2 aromatic carbocycles. The quantitative estimate of drug-likeness (QED) is 0.553. The number of phenols is 1. The van der Waals surface area contributed by atoms with Crippen molar-refractivity contribution in [2.75, 3.05) is 13.2 Å². The topological polar surface area (TPSA) is 89.9 Å². The second kappa shape index (κ2) is 9.77. The number of aromatic hydroxyl groups is 1. The van der Waals surface area contributed by atoms with E-state index in [-0.39, 0.29) is 37.6 Å². The van der Waals surface area contributed by atoms with Gasteiger partial charge in [-0.2, -0.15) is 0 Å². The smallest absolute Gasteiger partial charge is 0.316 e. The van der Waals surface area contributed by atoms with E-state index in [1.807, 2.05) is 43.3 Å². The summed E-state index contributed by atoms with van der Waals surface area (Å²) in [5, 5.41) is 11.1. The Kier molecular flexibility index (Phi) is 7.10. The monoisotopic (exact) mass is 424 g/mol. The lowest BCUT2D eigenvalue weighted by molar-refractivity contribution is -0.158. The van der Waals surface area contributed by atoms with E-state index in [1.165, 1.54) is 0 Å². The van der Waals surface area contributed by atoms with Crippen molar-refractivity contribution in [2.24, 2.45) is 11.8 Å². The van der Waals surface area contributed by atoms with Crippen LogP contribution in [-0.2, 0) is 23.9 Å². The van der Waals surface area contributed by atoms with Gasteiger partial charge in [0.2, 0.25) is 0 Å². The summed E-state index contributed by atoms with van der Waals surface area (Å²) < 4.78 is 10.3. The molecule has 6 heteroatoms. The van der Waals surface area contributed by atoms with Crippen LogP contribution < -0.4 is 0 Å². The third-order valence-corrected chi connectivity index (χ3v) is 5.71. The van der Waals surface area contributed by atoms with Gasteiger partial charge in [-0.05, 0) is 49.9 Å². The van der Waals surface area contributed by atoms with Crippen molar-refractivity contribution in [3.8, 4) is 16.9 Å². The molecule has 0 spiro atoms. The number of ketones is 1. The zero-order chi connectivity index (χ0) is 22.5. The van der Waals surface area contributed by atoms with Crippen LogP contribution >= 0.6 is 0 Å². The lowest BCUT2D eigenvalue weighted by atomic mass is 9.69. The minimum absolute atomic E-state index is 0.00915. The average molecular weight is 424 g/mol. The number of carbonyl (C=O) groups excluding carboxylic acids is 3. The number of hydrogen-bond acceptors (Lipinski definition) is 6. The minimum atomic E-state index is -0.994. The highest BCUT2D eigenvalue weighted by Crippen LogP contribution is 2.46. The Morgan fingerprint density at radius 1 is 1.03 bits per heavy atom. The van der Waals surface area contributed by atoms with E-state index in [0.29, 0.717) is 11.1 Å². The fraction of sp³-hybridized carbons (Fsp3) is 0.400. The van der Waals surface area contributed by atoms with E-state index in [0.717, 1.165) is 11.1 Å². The van der Waals surface area contributed by atoms with Gasteiger partial charge in [0, 0.05) is 17.9 Å². The van der Waals surface area contributed by atoms with Crippen molar-refractivity contribution < 1.29 is 29.0 Å². The average Bonchev–Trinajstić information content (AvgIpc) is 2.75. The van der Waals surface area contributed by atoms with E-state index in [4.69, 9.17) is 9.47 Å². The molecule has 0 aromatic heterocycles. The van der Waals surface area contributed by atoms with Crippen LogP contribution in [0.25, 0.3) is 11.1 Å². The summed E-state index contributed by atoms with van der Waals surface area (Å²) in [5.41, 5.74) is 2.89. The summed E-state index contributed by atoms with van der Waals surface area (Å²) in [6, 6.07) is 13.1. The van der Waals surface area contributed by atoms with Gasteiger partial charge in [-0.1, -0.05) is 36.4 Å². The summed E-state index contributed by atoms with van der Waals surface area (Å²) in [5.74, 6) is -3.64. The maximum absolute atomic E-state index is 12.8. The molecule has 0 aliphatic heterocycles. The van der Waals surface area contributed by atoms with Crippen LogP contribution in [0.1, 0.15) is 43.7 Å². The highest BCUT2D eigenvalue weighted by Gasteiger charge is 2.45. The van der Waals surface area contributed by atoms with Crippen molar-refractivity contribution in [2.45, 2.75) is 39.5 Å². The van der Waals surface area contributed by atoms with Crippen LogP contribution in [0.15, 0.2) is 42.5 Å². The lowest BCUT2D eigenvalue weighted by Gasteiger charge is -2.33. The number of esters is 2. The Bertz CT molecular complexity index is 965. The molecule has 3 atom stereocenters. The van der Waals surface area contributed by atoms with E-state index >= 15 is 0 Å². The molecule has 31 heavy (non-hydrogen) atoms. The largest absolute Gasteiger partial charge is 0.507 e. The molecule has 3 unspecified atom stereocenters. The molecule has 0 amide bonds. The number of ether oxygens (including phenoxy) is 2. The standard InChI is InChI=1S/C25H28O6/c1-4-30-24(28)20-13-21(25(29)31-5-2)22(26)14-18(20)19-12-15(3)11-17(23(19)27)16-9-7-6-8-10-16/h6-12,18,20-21,27H,4-5,13-14H2,1-3H3. The van der Waals surface area contributed by atoms with E-state index < -0.39 is 29.7 Å². The Hall–Kier alpha value is -3.15. The molecule has 2 aromatic rings. The first-order chi connectivity index (χ1) is 14.9. The Labute approximate surface area is 182 Å². The molecule has 3 rings (SSSR count). The Morgan fingerprint density at radius 3 is 2.32 bits per heavy atom. The van der Waals surface area contributed by atoms with Gasteiger partial charge in [-0.3, -0.25) is 14.4 Å². The normalized spacial score (nSPS) is 20.9. The molecule has 1 aliphatic rings. The summed E-state index contributed by atoms with van der Waals surface area (Å²) in [6.07, 6.45) is -0.0343. The highest BCUT2D eigenvalue weighted by atomic mass is 16.5. The fourth-order valence-corrected chi connectivity index (χ4v) is 4.29. The van der Waals surface area contributed by atoms with Crippen molar-refractivity contribution in [3.63, 3.8) is 0 Å². The summed E-state index contributed by atoms with van der Waals surface area (Å²) in [4.78, 5) is 37.9. The van der Waals surface area contributed by atoms with E-state index in [1.54, 1.807) is 19.9 Å². The van der Waals surface area contributed by atoms with Gasteiger partial charge >= 0.3 is 11.9 Å². The zero-order valence-corrected chi connectivity index (χ0v) is 18.1. The molecule has 0 radical (unpaired) electrons. The first kappa shape index (κ1) is 22.5. The zero-order valence-electron chi connectivity index (χ0n) is 18.1. The number of aryl methyl sites for hydroxylation is 1. The van der Waals surface area contributed by atoms with Crippen LogP contribution in [0.2, 0.25) is 0 Å². The second-order valence-electron chi connectivity index (χ2n) is 7.79. The van der Waals surface area contributed by atoms with Crippen LogP contribution in [0.5, 0.6) is 5.75 Å². The Balaban J connectivity index is 2.05.